The summed E-state index contributed by atoms with van der Waals surface area (Å²) in [6.45, 7) is 14.6. The summed E-state index contributed by atoms with van der Waals surface area (Å²) >= 11 is 1.32. The SMILES string of the molecule is C=C(NC(=O)[C@@H](C)NC(=O)CCC(=O)[C@H](Cc1c[nH]c2cccc(OC)c12)NC(=O)[C@H](Cc1c[nH]c2ccccc12)NC(=O)c1csc([C@H](C)COC(C)(C)C)n1)C(=O)N(C)CC(=O)OCC. The van der Waals surface area contributed by atoms with Crippen LogP contribution in [0.2, 0.25) is 0 Å². The number of carbonyl (C=O) groups is 7. The molecule has 0 aliphatic carbocycles. The van der Waals surface area contributed by atoms with E-state index < -0.39 is 59.4 Å². The topological polar surface area (TPSA) is 243 Å². The molecule has 4 atom stereocenters. The van der Waals surface area contributed by atoms with Gasteiger partial charge in [0.1, 0.15) is 30.1 Å². The Morgan fingerprint density at radius 1 is 0.866 bits per heavy atom. The molecule has 5 aromatic rings. The van der Waals surface area contributed by atoms with E-state index in [9.17, 15) is 33.6 Å². The van der Waals surface area contributed by atoms with Crippen LogP contribution in [0.25, 0.3) is 21.8 Å². The highest BCUT2D eigenvalue weighted by Crippen LogP contribution is 2.30. The molecule has 2 aromatic carbocycles. The Morgan fingerprint density at radius 3 is 2.27 bits per heavy atom. The lowest BCUT2D eigenvalue weighted by Gasteiger charge is -2.23. The minimum atomic E-state index is -1.19. The molecule has 5 rings (SSSR count). The lowest BCUT2D eigenvalue weighted by atomic mass is 9.97. The zero-order valence-electron chi connectivity index (χ0n) is 39.1. The number of aromatic amines is 2. The van der Waals surface area contributed by atoms with Crippen molar-refractivity contribution in [3.8, 4) is 5.75 Å². The van der Waals surface area contributed by atoms with Crippen LogP contribution >= 0.6 is 11.3 Å². The van der Waals surface area contributed by atoms with Gasteiger partial charge in [0.2, 0.25) is 17.7 Å². The molecule has 0 radical (unpaired) electrons. The number of ether oxygens (including phenoxy) is 3. The van der Waals surface area contributed by atoms with Crippen LogP contribution in [0, 0.1) is 0 Å². The van der Waals surface area contributed by atoms with E-state index in [-0.39, 0.29) is 61.7 Å². The maximum Gasteiger partial charge on any atom is 0.325 e. The molecule has 0 unspecified atom stereocenters. The number of nitrogens with zero attached hydrogens (tertiary/aromatic N) is 2. The van der Waals surface area contributed by atoms with Gasteiger partial charge in [-0.05, 0) is 63.9 Å². The van der Waals surface area contributed by atoms with Crippen LogP contribution in [0.4, 0.5) is 0 Å². The molecule has 0 bridgehead atoms. The number of benzene rings is 2. The molecule has 5 amide bonds. The first-order valence-corrected chi connectivity index (χ1v) is 22.8. The number of hydrogen-bond donors (Lipinski definition) is 6. The first-order valence-electron chi connectivity index (χ1n) is 21.9. The number of carbonyl (C=O) groups excluding carboxylic acids is 7. The number of fused-ring (bicyclic) bond motifs is 2. The monoisotopic (exact) mass is 940 g/mol. The first-order chi connectivity index (χ1) is 31.8. The van der Waals surface area contributed by atoms with Gasteiger partial charge in [-0.15, -0.1) is 11.3 Å². The van der Waals surface area contributed by atoms with Gasteiger partial charge in [0, 0.05) is 78.2 Å². The van der Waals surface area contributed by atoms with Gasteiger partial charge in [0.05, 0.1) is 42.7 Å². The van der Waals surface area contributed by atoms with Crippen molar-refractivity contribution in [2.45, 2.75) is 96.9 Å². The normalized spacial score (nSPS) is 13.2. The summed E-state index contributed by atoms with van der Waals surface area (Å²) in [5.74, 6) is -4.08. The number of methoxy groups -OCH3 is 1. The number of H-pyrrole nitrogens is 2. The highest BCUT2D eigenvalue weighted by atomic mass is 32.1. The van der Waals surface area contributed by atoms with Gasteiger partial charge in [-0.3, -0.25) is 33.6 Å². The fraction of sp³-hybridized carbons (Fsp3) is 0.417. The Balaban J connectivity index is 1.34. The molecular weight excluding hydrogens is 881 g/mol. The van der Waals surface area contributed by atoms with E-state index in [0.29, 0.717) is 28.3 Å². The summed E-state index contributed by atoms with van der Waals surface area (Å²) in [7, 11) is 2.87. The van der Waals surface area contributed by atoms with Crippen molar-refractivity contribution in [2.75, 3.05) is 33.9 Å². The van der Waals surface area contributed by atoms with E-state index in [4.69, 9.17) is 14.2 Å². The predicted octanol–water partition coefficient (Wildman–Crippen LogP) is 4.61. The van der Waals surface area contributed by atoms with Gasteiger partial charge in [-0.1, -0.05) is 37.8 Å². The molecule has 0 aliphatic heterocycles. The Bertz CT molecular complexity index is 2610. The highest BCUT2D eigenvalue weighted by molar-refractivity contribution is 7.09. The third-order valence-electron chi connectivity index (χ3n) is 10.7. The predicted molar refractivity (Wildman–Crippen MR) is 253 cm³/mol. The number of hydrogen-bond acceptors (Lipinski definition) is 12. The van der Waals surface area contributed by atoms with E-state index in [1.165, 1.54) is 32.4 Å². The van der Waals surface area contributed by atoms with Gasteiger partial charge >= 0.3 is 5.97 Å². The van der Waals surface area contributed by atoms with Gasteiger partial charge in [0.15, 0.2) is 5.78 Å². The Hall–Kier alpha value is -6.86. The van der Waals surface area contributed by atoms with E-state index in [1.54, 1.807) is 30.8 Å². The minimum absolute atomic E-state index is 0.0101. The number of esters is 1. The molecule has 6 N–H and O–H groups in total. The van der Waals surface area contributed by atoms with E-state index >= 15 is 0 Å². The fourth-order valence-corrected chi connectivity index (χ4v) is 7.96. The van der Waals surface area contributed by atoms with Gasteiger partial charge in [-0.25, -0.2) is 4.98 Å². The molecule has 67 heavy (non-hydrogen) atoms. The molecule has 3 aromatic heterocycles. The quantitative estimate of drug-likeness (QED) is 0.0390. The summed E-state index contributed by atoms with van der Waals surface area (Å²) in [5, 5.41) is 14.5. The minimum Gasteiger partial charge on any atom is -0.496 e. The highest BCUT2D eigenvalue weighted by Gasteiger charge is 2.31. The summed E-state index contributed by atoms with van der Waals surface area (Å²) in [5.41, 5.74) is 2.42. The van der Waals surface area contributed by atoms with Crippen LogP contribution in [-0.2, 0) is 51.1 Å². The number of aromatic nitrogens is 3. The lowest BCUT2D eigenvalue weighted by Crippen LogP contribution is -2.53. The van der Waals surface area contributed by atoms with E-state index in [2.05, 4.69) is 42.8 Å². The fourth-order valence-electron chi connectivity index (χ4n) is 7.12. The number of ketones is 1. The Kier molecular flexibility index (Phi) is 17.6. The van der Waals surface area contributed by atoms with Crippen molar-refractivity contribution in [2.24, 2.45) is 0 Å². The molecule has 358 valence electrons. The van der Waals surface area contributed by atoms with Crippen LogP contribution in [-0.4, -0.2) is 119 Å². The van der Waals surface area contributed by atoms with Gasteiger partial charge < -0.3 is 50.3 Å². The molecule has 0 saturated heterocycles. The van der Waals surface area contributed by atoms with Crippen molar-refractivity contribution in [3.63, 3.8) is 0 Å². The molecule has 0 fully saturated rings. The molecule has 0 spiro atoms. The third kappa shape index (κ3) is 14.1. The number of likely N-dealkylation sites (N-methyl/N-ethyl adjacent to an activating group) is 1. The van der Waals surface area contributed by atoms with E-state index in [1.807, 2.05) is 64.1 Å². The number of nitrogens with one attached hydrogen (secondary N) is 6. The van der Waals surface area contributed by atoms with Crippen LogP contribution in [0.15, 0.2) is 72.5 Å². The third-order valence-corrected chi connectivity index (χ3v) is 11.8. The number of para-hydroxylation sites is 1. The van der Waals surface area contributed by atoms with Crippen LogP contribution in [0.1, 0.15) is 86.9 Å². The maximum absolute atomic E-state index is 14.6. The molecular formula is C48H60N8O10S. The second kappa shape index (κ2) is 23.0. The summed E-state index contributed by atoms with van der Waals surface area (Å²) in [6.07, 6.45) is 2.84. The molecule has 3 heterocycles. The second-order valence-corrected chi connectivity index (χ2v) is 18.0. The van der Waals surface area contributed by atoms with Crippen molar-refractivity contribution >= 4 is 74.4 Å². The number of Topliss-reactive ketones (excluding diaryl/α,β-unsaturated/α-hetero) is 1. The molecule has 18 nitrogen and oxygen atoms in total. The van der Waals surface area contributed by atoms with Gasteiger partial charge in [0.25, 0.3) is 11.8 Å². The smallest absolute Gasteiger partial charge is 0.325 e. The molecule has 0 saturated carbocycles. The second-order valence-electron chi connectivity index (χ2n) is 17.1. The zero-order valence-corrected chi connectivity index (χ0v) is 39.9. The van der Waals surface area contributed by atoms with Crippen LogP contribution < -0.4 is 26.0 Å². The summed E-state index contributed by atoms with van der Waals surface area (Å²) in [4.78, 5) is 105. The molecule has 19 heteroatoms. The van der Waals surface area contributed by atoms with Crippen molar-refractivity contribution in [1.82, 2.24) is 41.1 Å². The number of thiazole rings is 1. The summed E-state index contributed by atoms with van der Waals surface area (Å²) < 4.78 is 16.4. The average molecular weight is 941 g/mol. The standard InChI is InChI=1S/C48H60N8O10S/c1-10-65-41(59)24-56(8)47(63)29(4)52-43(60)28(3)51-40(58)19-18-38(57)35(21-31-23-50-34-16-13-17-39(64-9)42(31)34)53-44(61)36(20-30-22-49-33-15-12-11-14-32(30)33)54-45(62)37-26-67-46(55-37)27(2)25-66-48(5,6)7/h11-17,22-23,26-28,35-36,49-50H,4,10,18-21,24-25H2,1-3,5-9H3,(H,51,58)(H,52,60)(H,53,61)(H,54,62)/t27-,28-,35+,36+/m1/s1. The lowest BCUT2D eigenvalue weighted by molar-refractivity contribution is -0.147. The number of amides is 5. The van der Waals surface area contributed by atoms with Crippen molar-refractivity contribution in [1.29, 1.82) is 0 Å². The first kappa shape index (κ1) is 51.1. The van der Waals surface area contributed by atoms with Crippen LogP contribution in [0.3, 0.4) is 0 Å². The molecule has 0 aliphatic rings. The Labute approximate surface area is 393 Å². The average Bonchev–Trinajstić information content (AvgIpc) is 4.06. The van der Waals surface area contributed by atoms with Crippen molar-refractivity contribution in [3.05, 3.63) is 94.3 Å². The summed E-state index contributed by atoms with van der Waals surface area (Å²) in [6, 6.07) is 9.46. The van der Waals surface area contributed by atoms with E-state index in [0.717, 1.165) is 26.9 Å². The largest absolute Gasteiger partial charge is 0.496 e. The van der Waals surface area contributed by atoms with Gasteiger partial charge in [-0.2, -0.15) is 0 Å². The maximum atomic E-state index is 14.6. The number of rotatable bonds is 23. The van der Waals surface area contributed by atoms with Crippen LogP contribution in [0.5, 0.6) is 5.75 Å². The Morgan fingerprint density at radius 2 is 1.55 bits per heavy atom. The van der Waals surface area contributed by atoms with Crippen molar-refractivity contribution < 1.29 is 47.8 Å². The zero-order chi connectivity index (χ0) is 49.0.